The molecule has 9 aromatic rings. The zero-order valence-electron chi connectivity index (χ0n) is 47.0. The first kappa shape index (κ1) is 52.2. The van der Waals surface area contributed by atoms with E-state index >= 15 is 0 Å². The zero-order chi connectivity index (χ0) is 53.2. The minimum absolute atomic E-state index is 0.0248. The smallest absolute Gasteiger partial charge is 0.0159 e. The number of benzene rings is 9. The zero-order valence-corrected chi connectivity index (χ0v) is 47.0. The van der Waals surface area contributed by atoms with Gasteiger partial charge in [0.15, 0.2) is 0 Å². The normalized spacial score (nSPS) is 16.3. The molecule has 12 rings (SSSR count). The molecular weight excluding hydrogens is 913 g/mol. The lowest BCUT2D eigenvalue weighted by atomic mass is 9.69. The van der Waals surface area contributed by atoms with Crippen molar-refractivity contribution in [2.75, 3.05) is 0 Å². The van der Waals surface area contributed by atoms with Crippen molar-refractivity contribution < 1.29 is 0 Å². The Labute approximate surface area is 456 Å². The molecule has 9 aromatic carbocycles. The van der Waals surface area contributed by atoms with E-state index in [1.165, 1.54) is 137 Å². The van der Waals surface area contributed by atoms with E-state index in [2.05, 4.69) is 282 Å². The van der Waals surface area contributed by atoms with E-state index in [-0.39, 0.29) is 16.2 Å². The van der Waals surface area contributed by atoms with Gasteiger partial charge in [0.05, 0.1) is 0 Å². The summed E-state index contributed by atoms with van der Waals surface area (Å²) in [5, 5.41) is 2.60. The molecule has 3 aliphatic rings. The third kappa shape index (κ3) is 10.8. The SMILES string of the molecule is CC1=CCC(C)(c2ccc(-c3ccccc3)cc2C(C)(C)C)C=C1.CCCc1ccc(-c2ccc3ccccc3c2)cc1.Cc1ccc2c(c1)C(C)(C)c1cc(-c3cccc(-c4ccccc4C)c3C3CCC3)ccc1-2. The second-order valence-electron chi connectivity index (χ2n) is 23.9. The highest BCUT2D eigenvalue weighted by Crippen LogP contribution is 2.52. The van der Waals surface area contributed by atoms with E-state index in [1.807, 2.05) is 0 Å². The topological polar surface area (TPSA) is 0 Å². The average molecular weight is 991 g/mol. The molecule has 0 heteroatoms. The number of hydrogen-bond donors (Lipinski definition) is 0. The molecule has 382 valence electrons. The van der Waals surface area contributed by atoms with Crippen molar-refractivity contribution in [1.29, 1.82) is 0 Å². The van der Waals surface area contributed by atoms with Crippen LogP contribution in [-0.2, 0) is 22.7 Å². The molecule has 1 saturated carbocycles. The van der Waals surface area contributed by atoms with Crippen LogP contribution in [0, 0.1) is 13.8 Å². The average Bonchev–Trinajstić information content (AvgIpc) is 3.65. The van der Waals surface area contributed by atoms with Crippen LogP contribution in [0.25, 0.3) is 66.4 Å². The molecule has 0 aliphatic heterocycles. The fourth-order valence-corrected chi connectivity index (χ4v) is 12.1. The predicted molar refractivity (Wildman–Crippen MR) is 330 cm³/mol. The van der Waals surface area contributed by atoms with Crippen molar-refractivity contribution in [3.63, 3.8) is 0 Å². The fraction of sp³-hybridized carbons (Fsp3) is 0.263. The molecule has 0 nitrogen and oxygen atoms in total. The molecule has 76 heavy (non-hydrogen) atoms. The van der Waals surface area contributed by atoms with Crippen molar-refractivity contribution in [2.45, 2.75) is 130 Å². The summed E-state index contributed by atoms with van der Waals surface area (Å²) in [6.45, 7) is 22.9. The first-order chi connectivity index (χ1) is 36.6. The maximum atomic E-state index is 2.49. The van der Waals surface area contributed by atoms with Crippen LogP contribution in [0.15, 0.2) is 218 Å². The molecule has 0 radical (unpaired) electrons. The third-order valence-electron chi connectivity index (χ3n) is 16.9. The number of allylic oxidation sites excluding steroid dienone is 4. The summed E-state index contributed by atoms with van der Waals surface area (Å²) >= 11 is 0. The van der Waals surface area contributed by atoms with Crippen LogP contribution in [0.5, 0.6) is 0 Å². The minimum Gasteiger partial charge on any atom is -0.0804 e. The van der Waals surface area contributed by atoms with Crippen molar-refractivity contribution in [1.82, 2.24) is 0 Å². The largest absolute Gasteiger partial charge is 0.0804 e. The monoisotopic (exact) mass is 991 g/mol. The maximum Gasteiger partial charge on any atom is 0.0159 e. The molecule has 0 aromatic heterocycles. The summed E-state index contributed by atoms with van der Waals surface area (Å²) in [6.07, 6.45) is 14.4. The van der Waals surface area contributed by atoms with Gasteiger partial charge in [-0.15, -0.1) is 0 Å². The quantitative estimate of drug-likeness (QED) is 0.142. The van der Waals surface area contributed by atoms with Crippen molar-refractivity contribution in [2.24, 2.45) is 0 Å². The number of hydrogen-bond acceptors (Lipinski definition) is 0. The van der Waals surface area contributed by atoms with Crippen LogP contribution in [0.3, 0.4) is 0 Å². The minimum atomic E-state index is 0.0248. The molecule has 0 spiro atoms. The van der Waals surface area contributed by atoms with Gasteiger partial charge >= 0.3 is 0 Å². The molecule has 0 N–H and O–H groups in total. The molecule has 3 aliphatic carbocycles. The van der Waals surface area contributed by atoms with Gasteiger partial charge in [0.1, 0.15) is 0 Å². The second kappa shape index (κ2) is 21.8. The van der Waals surface area contributed by atoms with E-state index in [9.17, 15) is 0 Å². The number of aryl methyl sites for hydroxylation is 3. The maximum absolute atomic E-state index is 2.49. The van der Waals surface area contributed by atoms with E-state index in [0.29, 0.717) is 5.92 Å². The highest BCUT2D eigenvalue weighted by atomic mass is 14.4. The van der Waals surface area contributed by atoms with Gasteiger partial charge in [0, 0.05) is 10.8 Å². The summed E-state index contributed by atoms with van der Waals surface area (Å²) in [5.41, 5.74) is 26.7. The standard InChI is InChI=1S/C33H32.C24H28.C19H18/c1-21-15-17-27-28-18-16-24(20-31(28)33(3,4)30(27)19-21)26-13-8-14-29(32(26)23-10-7-11-23)25-12-6-5-9-22(25)2;1-18-13-15-24(5,16-14-18)21-12-11-20(17-22(21)23(2,3)4)19-9-7-6-8-10-19;1-2-5-15-8-10-17(11-9-15)19-13-12-16-6-3-4-7-18(16)14-19/h5-6,8-9,12-20,23H,7,10-11H2,1-4H3;6-15,17H,16H2,1-5H3;3-4,6-14H,2,5H2,1H3. The summed E-state index contributed by atoms with van der Waals surface area (Å²) in [4.78, 5) is 0. The van der Waals surface area contributed by atoms with Crippen LogP contribution in [0.4, 0.5) is 0 Å². The van der Waals surface area contributed by atoms with Gasteiger partial charge in [0.25, 0.3) is 0 Å². The molecule has 1 unspecified atom stereocenters. The number of rotatable bonds is 8. The van der Waals surface area contributed by atoms with Crippen molar-refractivity contribution in [3.05, 3.63) is 262 Å². The predicted octanol–water partition coefficient (Wildman–Crippen LogP) is 21.5. The second-order valence-corrected chi connectivity index (χ2v) is 23.9. The van der Waals surface area contributed by atoms with Gasteiger partial charge in [-0.2, -0.15) is 0 Å². The fourth-order valence-electron chi connectivity index (χ4n) is 12.1. The van der Waals surface area contributed by atoms with E-state index in [1.54, 1.807) is 5.56 Å². The highest BCUT2D eigenvalue weighted by molar-refractivity contribution is 5.88. The van der Waals surface area contributed by atoms with Crippen LogP contribution in [0.2, 0.25) is 0 Å². The first-order valence-electron chi connectivity index (χ1n) is 28.2. The van der Waals surface area contributed by atoms with E-state index < -0.39 is 0 Å². The Morgan fingerprint density at radius 3 is 1.78 bits per heavy atom. The van der Waals surface area contributed by atoms with Gasteiger partial charge in [-0.1, -0.05) is 273 Å². The van der Waals surface area contributed by atoms with Gasteiger partial charge in [0.2, 0.25) is 0 Å². The van der Waals surface area contributed by atoms with Crippen molar-refractivity contribution >= 4 is 10.8 Å². The lowest BCUT2D eigenvalue weighted by Crippen LogP contribution is -2.26. The molecule has 1 fully saturated rings. The van der Waals surface area contributed by atoms with E-state index in [4.69, 9.17) is 0 Å². The molecule has 0 saturated heterocycles. The lowest BCUT2D eigenvalue weighted by Gasteiger charge is -2.35. The first-order valence-corrected chi connectivity index (χ1v) is 28.2. The third-order valence-corrected chi connectivity index (χ3v) is 16.9. The highest BCUT2D eigenvalue weighted by Gasteiger charge is 2.36. The summed E-state index contributed by atoms with van der Waals surface area (Å²) < 4.78 is 0. The Balaban J connectivity index is 0.000000135. The molecule has 0 heterocycles. The molecule has 0 amide bonds. The van der Waals surface area contributed by atoms with Gasteiger partial charge in [-0.05, 0) is 175 Å². The Bertz CT molecular complexity index is 3580. The van der Waals surface area contributed by atoms with Crippen LogP contribution in [-0.4, -0.2) is 0 Å². The summed E-state index contributed by atoms with van der Waals surface area (Å²) in [6, 6.07) is 71.8. The van der Waals surface area contributed by atoms with E-state index in [0.717, 1.165) is 12.8 Å². The Morgan fingerprint density at radius 2 is 1.09 bits per heavy atom. The van der Waals surface area contributed by atoms with Gasteiger partial charge in [-0.3, -0.25) is 0 Å². The summed E-state index contributed by atoms with van der Waals surface area (Å²) in [5.74, 6) is 0.664. The molecule has 0 bridgehead atoms. The Morgan fingerprint density at radius 1 is 0.487 bits per heavy atom. The molecular formula is C76H78. The van der Waals surface area contributed by atoms with Crippen LogP contribution in [0.1, 0.15) is 138 Å². The number of fused-ring (bicyclic) bond motifs is 4. The lowest BCUT2D eigenvalue weighted by molar-refractivity contribution is 0.421. The van der Waals surface area contributed by atoms with Crippen LogP contribution < -0.4 is 0 Å². The summed E-state index contributed by atoms with van der Waals surface area (Å²) in [7, 11) is 0. The van der Waals surface area contributed by atoms with Gasteiger partial charge < -0.3 is 0 Å². The van der Waals surface area contributed by atoms with Crippen LogP contribution >= 0.6 is 0 Å². The van der Waals surface area contributed by atoms with Gasteiger partial charge in [-0.25, -0.2) is 0 Å². The Kier molecular flexibility index (Phi) is 14.9. The molecule has 1 atom stereocenters. The van der Waals surface area contributed by atoms with Crippen molar-refractivity contribution in [3.8, 4) is 55.6 Å². The Hall–Kier alpha value is -7.28.